The van der Waals surface area contributed by atoms with Crippen molar-refractivity contribution in [1.82, 2.24) is 30.3 Å². The SMILES string of the molecule is CCCn1ncnc1[C@H](C)NC(=O)c1n[nH]c2ccccc12. The molecule has 1 amide bonds. The van der Waals surface area contributed by atoms with Crippen LogP contribution in [0.2, 0.25) is 0 Å². The van der Waals surface area contributed by atoms with Gasteiger partial charge in [0.15, 0.2) is 5.69 Å². The van der Waals surface area contributed by atoms with Gasteiger partial charge in [0.1, 0.15) is 12.2 Å². The van der Waals surface area contributed by atoms with Gasteiger partial charge < -0.3 is 5.32 Å². The molecular weight excluding hydrogens is 280 g/mol. The molecule has 7 nitrogen and oxygen atoms in total. The molecule has 22 heavy (non-hydrogen) atoms. The molecule has 0 aliphatic rings. The maximum Gasteiger partial charge on any atom is 0.273 e. The van der Waals surface area contributed by atoms with Crippen LogP contribution >= 0.6 is 0 Å². The van der Waals surface area contributed by atoms with Gasteiger partial charge >= 0.3 is 0 Å². The van der Waals surface area contributed by atoms with E-state index in [-0.39, 0.29) is 11.9 Å². The predicted molar refractivity (Wildman–Crippen MR) is 82.3 cm³/mol. The average Bonchev–Trinajstić information content (AvgIpc) is 3.13. The number of fused-ring (bicyclic) bond motifs is 1. The Morgan fingerprint density at radius 3 is 3.05 bits per heavy atom. The van der Waals surface area contributed by atoms with Gasteiger partial charge in [0.2, 0.25) is 0 Å². The Morgan fingerprint density at radius 2 is 2.23 bits per heavy atom. The van der Waals surface area contributed by atoms with E-state index in [9.17, 15) is 4.79 Å². The van der Waals surface area contributed by atoms with E-state index in [0.29, 0.717) is 5.69 Å². The number of para-hydroxylation sites is 1. The largest absolute Gasteiger partial charge is 0.341 e. The number of aromatic amines is 1. The number of carbonyl (C=O) groups excluding carboxylic acids is 1. The zero-order valence-corrected chi connectivity index (χ0v) is 12.6. The molecule has 0 unspecified atom stereocenters. The summed E-state index contributed by atoms with van der Waals surface area (Å²) in [6, 6.07) is 7.31. The maximum atomic E-state index is 12.4. The van der Waals surface area contributed by atoms with E-state index in [0.717, 1.165) is 29.7 Å². The molecule has 0 bridgehead atoms. The molecule has 1 atom stereocenters. The van der Waals surface area contributed by atoms with Gasteiger partial charge in [0.05, 0.1) is 11.6 Å². The van der Waals surface area contributed by atoms with Gasteiger partial charge in [0.25, 0.3) is 5.91 Å². The number of benzene rings is 1. The van der Waals surface area contributed by atoms with Gasteiger partial charge in [-0.3, -0.25) is 9.89 Å². The minimum atomic E-state index is -0.239. The summed E-state index contributed by atoms with van der Waals surface area (Å²) in [7, 11) is 0. The minimum Gasteiger partial charge on any atom is -0.341 e. The second-order valence-electron chi connectivity index (χ2n) is 5.15. The quantitative estimate of drug-likeness (QED) is 0.754. The third-order valence-electron chi connectivity index (χ3n) is 3.50. The number of H-pyrrole nitrogens is 1. The van der Waals surface area contributed by atoms with Crippen LogP contribution in [0.25, 0.3) is 10.9 Å². The van der Waals surface area contributed by atoms with Crippen LogP contribution in [-0.2, 0) is 6.54 Å². The van der Waals surface area contributed by atoms with Gasteiger partial charge in [-0.25, -0.2) is 9.67 Å². The highest BCUT2D eigenvalue weighted by molar-refractivity contribution is 6.04. The lowest BCUT2D eigenvalue weighted by molar-refractivity contribution is 0.0934. The Balaban J connectivity index is 1.80. The first-order valence-corrected chi connectivity index (χ1v) is 7.32. The minimum absolute atomic E-state index is 0.226. The molecule has 3 aromatic rings. The molecule has 0 saturated carbocycles. The number of carbonyl (C=O) groups is 1. The molecule has 0 fully saturated rings. The average molecular weight is 298 g/mol. The Morgan fingerprint density at radius 1 is 1.41 bits per heavy atom. The summed E-state index contributed by atoms with van der Waals surface area (Å²) >= 11 is 0. The first-order valence-electron chi connectivity index (χ1n) is 7.32. The van der Waals surface area contributed by atoms with Crippen LogP contribution in [0.4, 0.5) is 0 Å². The van der Waals surface area contributed by atoms with E-state index in [2.05, 4.69) is 32.5 Å². The van der Waals surface area contributed by atoms with Gasteiger partial charge in [-0.2, -0.15) is 10.2 Å². The number of hydrogen-bond donors (Lipinski definition) is 2. The molecule has 0 saturated heterocycles. The van der Waals surface area contributed by atoms with Crippen molar-refractivity contribution < 1.29 is 4.79 Å². The van der Waals surface area contributed by atoms with Crippen molar-refractivity contribution in [3.63, 3.8) is 0 Å². The topological polar surface area (TPSA) is 88.5 Å². The predicted octanol–water partition coefficient (Wildman–Crippen LogP) is 2.06. The van der Waals surface area contributed by atoms with Gasteiger partial charge in [-0.1, -0.05) is 25.1 Å². The normalized spacial score (nSPS) is 12.5. The highest BCUT2D eigenvalue weighted by Gasteiger charge is 2.19. The van der Waals surface area contributed by atoms with Crippen LogP contribution in [0.15, 0.2) is 30.6 Å². The lowest BCUT2D eigenvalue weighted by Gasteiger charge is -2.13. The first-order chi connectivity index (χ1) is 10.7. The Hall–Kier alpha value is -2.70. The van der Waals surface area contributed by atoms with E-state index < -0.39 is 0 Å². The molecule has 114 valence electrons. The van der Waals surface area contributed by atoms with E-state index in [1.54, 1.807) is 0 Å². The number of aryl methyl sites for hydroxylation is 1. The van der Waals surface area contributed by atoms with Crippen LogP contribution in [-0.4, -0.2) is 30.9 Å². The first kappa shape index (κ1) is 14.2. The fraction of sp³-hybridized carbons (Fsp3) is 0.333. The van der Waals surface area contributed by atoms with Gasteiger partial charge in [-0.05, 0) is 19.4 Å². The molecule has 2 N–H and O–H groups in total. The number of nitrogens with zero attached hydrogens (tertiary/aromatic N) is 4. The highest BCUT2D eigenvalue weighted by Crippen LogP contribution is 2.16. The van der Waals surface area contributed by atoms with Crippen LogP contribution in [0.5, 0.6) is 0 Å². The molecule has 0 aliphatic heterocycles. The van der Waals surface area contributed by atoms with E-state index in [1.165, 1.54) is 6.33 Å². The van der Waals surface area contributed by atoms with Crippen molar-refractivity contribution in [3.05, 3.63) is 42.1 Å². The molecule has 3 rings (SSSR count). The zero-order valence-electron chi connectivity index (χ0n) is 12.6. The number of hydrogen-bond acceptors (Lipinski definition) is 4. The van der Waals surface area contributed by atoms with Gasteiger partial charge in [0, 0.05) is 11.9 Å². The standard InChI is InChI=1S/C15H18N6O/c1-3-8-21-14(16-9-17-21)10(2)18-15(22)13-11-6-4-5-7-12(11)19-20-13/h4-7,9-10H,3,8H2,1-2H3,(H,18,22)(H,19,20)/t10-/m0/s1. The van der Waals surface area contributed by atoms with E-state index >= 15 is 0 Å². The van der Waals surface area contributed by atoms with Crippen LogP contribution < -0.4 is 5.32 Å². The van der Waals surface area contributed by atoms with Crippen molar-refractivity contribution in [2.45, 2.75) is 32.9 Å². The Kier molecular flexibility index (Phi) is 3.86. The molecule has 7 heteroatoms. The second-order valence-corrected chi connectivity index (χ2v) is 5.15. The third-order valence-corrected chi connectivity index (χ3v) is 3.50. The van der Waals surface area contributed by atoms with Gasteiger partial charge in [-0.15, -0.1) is 0 Å². The zero-order chi connectivity index (χ0) is 15.5. The second kappa shape index (κ2) is 5.97. The van der Waals surface area contributed by atoms with Crippen LogP contribution in [0, 0.1) is 0 Å². The Labute approximate surface area is 127 Å². The molecule has 2 heterocycles. The molecule has 0 aliphatic carbocycles. The third kappa shape index (κ3) is 2.57. The summed E-state index contributed by atoms with van der Waals surface area (Å²) in [6.07, 6.45) is 2.47. The van der Waals surface area contributed by atoms with E-state index in [4.69, 9.17) is 0 Å². The number of rotatable bonds is 5. The van der Waals surface area contributed by atoms with Crippen molar-refractivity contribution in [2.24, 2.45) is 0 Å². The highest BCUT2D eigenvalue weighted by atomic mass is 16.2. The monoisotopic (exact) mass is 298 g/mol. The summed E-state index contributed by atoms with van der Waals surface area (Å²) in [5.74, 6) is 0.519. The van der Waals surface area contributed by atoms with Crippen LogP contribution in [0.1, 0.15) is 42.6 Å². The Bertz CT molecular complexity index is 790. The summed E-state index contributed by atoms with van der Waals surface area (Å²) in [6.45, 7) is 4.74. The molecule has 2 aromatic heterocycles. The van der Waals surface area contributed by atoms with Crippen LogP contribution in [0.3, 0.4) is 0 Å². The number of aromatic nitrogens is 5. The fourth-order valence-electron chi connectivity index (χ4n) is 2.46. The summed E-state index contributed by atoms with van der Waals surface area (Å²) < 4.78 is 1.81. The summed E-state index contributed by atoms with van der Waals surface area (Å²) in [5, 5.41) is 14.9. The van der Waals surface area contributed by atoms with E-state index in [1.807, 2.05) is 35.9 Å². The number of amides is 1. The maximum absolute atomic E-state index is 12.4. The van der Waals surface area contributed by atoms with Crippen molar-refractivity contribution in [2.75, 3.05) is 0 Å². The lowest BCUT2D eigenvalue weighted by Crippen LogP contribution is -2.29. The van der Waals surface area contributed by atoms with Crippen molar-refractivity contribution in [1.29, 1.82) is 0 Å². The lowest BCUT2D eigenvalue weighted by atomic mass is 10.2. The number of nitrogens with one attached hydrogen (secondary N) is 2. The molecule has 0 radical (unpaired) electrons. The summed E-state index contributed by atoms with van der Waals surface area (Å²) in [4.78, 5) is 16.7. The smallest absolute Gasteiger partial charge is 0.273 e. The van der Waals surface area contributed by atoms with Crippen molar-refractivity contribution >= 4 is 16.8 Å². The molecule has 1 aromatic carbocycles. The fourth-order valence-corrected chi connectivity index (χ4v) is 2.46. The summed E-state index contributed by atoms with van der Waals surface area (Å²) in [5.41, 5.74) is 1.23. The molecular formula is C15H18N6O. The molecule has 0 spiro atoms. The van der Waals surface area contributed by atoms with Crippen molar-refractivity contribution in [3.8, 4) is 0 Å².